The number of carbonyl (C=O) groups is 1. The summed E-state index contributed by atoms with van der Waals surface area (Å²) in [6, 6.07) is 0.133. The van der Waals surface area contributed by atoms with Gasteiger partial charge in [0.25, 0.3) is 0 Å². The number of nitrogens with zero attached hydrogens (tertiary/aromatic N) is 3. The number of hydrogen-bond acceptors (Lipinski definition) is 4. The zero-order chi connectivity index (χ0) is 17.3. The first kappa shape index (κ1) is 16.8. The monoisotopic (exact) mass is 347 g/mol. The Labute approximate surface area is 148 Å². The molecule has 0 radical (unpaired) electrons. The van der Waals surface area contributed by atoms with E-state index in [4.69, 9.17) is 4.74 Å². The first-order chi connectivity index (χ1) is 12.2. The van der Waals surface area contributed by atoms with Crippen molar-refractivity contribution in [1.82, 2.24) is 25.4 Å². The Morgan fingerprint density at radius 3 is 2.92 bits per heavy atom. The molecule has 138 valence electrons. The highest BCUT2D eigenvalue weighted by atomic mass is 16.5. The molecular formula is C18H29N5O2. The van der Waals surface area contributed by atoms with Gasteiger partial charge in [0.1, 0.15) is 5.82 Å². The molecule has 2 aliphatic carbocycles. The maximum Gasteiger partial charge on any atom is 0.315 e. The van der Waals surface area contributed by atoms with Crippen LogP contribution in [0.3, 0.4) is 0 Å². The Morgan fingerprint density at radius 1 is 1.28 bits per heavy atom. The molecule has 25 heavy (non-hydrogen) atoms. The molecule has 7 heteroatoms. The van der Waals surface area contributed by atoms with Crippen LogP contribution in [0, 0.1) is 5.41 Å². The van der Waals surface area contributed by atoms with Crippen LogP contribution in [0.1, 0.15) is 63.5 Å². The van der Waals surface area contributed by atoms with Gasteiger partial charge in [-0.25, -0.2) is 4.79 Å². The second-order valence-electron chi connectivity index (χ2n) is 7.64. The molecule has 2 amide bonds. The van der Waals surface area contributed by atoms with E-state index in [0.717, 1.165) is 44.1 Å². The zero-order valence-corrected chi connectivity index (χ0v) is 15.1. The topological polar surface area (TPSA) is 81.1 Å². The van der Waals surface area contributed by atoms with E-state index in [1.165, 1.54) is 32.1 Å². The van der Waals surface area contributed by atoms with Crippen LogP contribution in [0.15, 0.2) is 0 Å². The second kappa shape index (κ2) is 6.94. The Hall–Kier alpha value is -1.63. The van der Waals surface area contributed by atoms with Crippen LogP contribution in [0.5, 0.6) is 0 Å². The highest BCUT2D eigenvalue weighted by Gasteiger charge is 2.56. The molecule has 2 fully saturated rings. The third-order valence-corrected chi connectivity index (χ3v) is 6.34. The Balaban J connectivity index is 1.32. The molecular weight excluding hydrogens is 318 g/mol. The van der Waals surface area contributed by atoms with E-state index in [2.05, 4.69) is 32.3 Å². The van der Waals surface area contributed by atoms with Crippen LogP contribution < -0.4 is 10.6 Å². The molecule has 0 unspecified atom stereocenters. The summed E-state index contributed by atoms with van der Waals surface area (Å²) >= 11 is 0. The average molecular weight is 347 g/mol. The number of hydrogen-bond donors (Lipinski definition) is 2. The number of aromatic nitrogens is 3. The van der Waals surface area contributed by atoms with Crippen molar-refractivity contribution in [3.63, 3.8) is 0 Å². The van der Waals surface area contributed by atoms with Gasteiger partial charge in [-0.3, -0.25) is 0 Å². The van der Waals surface area contributed by atoms with E-state index >= 15 is 0 Å². The van der Waals surface area contributed by atoms with Gasteiger partial charge >= 0.3 is 6.03 Å². The molecule has 7 nitrogen and oxygen atoms in total. The van der Waals surface area contributed by atoms with E-state index in [1.807, 2.05) is 0 Å². The summed E-state index contributed by atoms with van der Waals surface area (Å²) < 4.78 is 8.08. The first-order valence-corrected chi connectivity index (χ1v) is 9.80. The first-order valence-electron chi connectivity index (χ1n) is 9.80. The zero-order valence-electron chi connectivity index (χ0n) is 15.1. The summed E-state index contributed by atoms with van der Waals surface area (Å²) in [6.07, 6.45) is 9.48. The second-order valence-corrected chi connectivity index (χ2v) is 7.64. The fourth-order valence-corrected chi connectivity index (χ4v) is 4.98. The predicted molar refractivity (Wildman–Crippen MR) is 93.1 cm³/mol. The molecule has 2 saturated carbocycles. The lowest BCUT2D eigenvalue weighted by atomic mass is 9.55. The van der Waals surface area contributed by atoms with Gasteiger partial charge in [-0.2, -0.15) is 0 Å². The molecule has 1 aromatic heterocycles. The van der Waals surface area contributed by atoms with Crippen molar-refractivity contribution in [3.8, 4) is 0 Å². The third kappa shape index (κ3) is 3.03. The van der Waals surface area contributed by atoms with Gasteiger partial charge in [-0.1, -0.05) is 19.3 Å². The standard InChI is InChI=1S/C18H29N5O2/c1-2-25-14-11-13(18(14)8-4-3-5-9-18)20-17(24)19-12-16-22-21-15-7-6-10-23(15)16/h13-14H,2-12H2,1H3,(H2,19,20,24)/t13-,14+/m1/s1. The Kier molecular flexibility index (Phi) is 4.67. The molecule has 2 atom stereocenters. The van der Waals surface area contributed by atoms with Crippen molar-refractivity contribution < 1.29 is 9.53 Å². The van der Waals surface area contributed by atoms with E-state index in [0.29, 0.717) is 12.6 Å². The lowest BCUT2D eigenvalue weighted by molar-refractivity contribution is -0.146. The molecule has 1 aliphatic heterocycles. The van der Waals surface area contributed by atoms with Gasteiger partial charge in [-0.15, -0.1) is 10.2 Å². The molecule has 2 N–H and O–H groups in total. The summed E-state index contributed by atoms with van der Waals surface area (Å²) in [5, 5.41) is 14.6. The van der Waals surface area contributed by atoms with Gasteiger partial charge < -0.3 is 19.9 Å². The van der Waals surface area contributed by atoms with Crippen LogP contribution in [0.4, 0.5) is 4.79 Å². The molecule has 3 aliphatic rings. The SMILES string of the molecule is CCO[C@H]1C[C@@H](NC(=O)NCc2nnc3n2CCC3)C12CCCCC2. The van der Waals surface area contributed by atoms with Crippen molar-refractivity contribution in [2.24, 2.45) is 5.41 Å². The number of fused-ring (bicyclic) bond motifs is 1. The van der Waals surface area contributed by atoms with Gasteiger partial charge in [-0.05, 0) is 32.6 Å². The number of rotatable bonds is 5. The smallest absolute Gasteiger partial charge is 0.315 e. The molecule has 0 aromatic carbocycles. The van der Waals surface area contributed by atoms with Crippen molar-refractivity contribution in [2.45, 2.75) is 83.5 Å². The van der Waals surface area contributed by atoms with Crippen LogP contribution in [-0.4, -0.2) is 39.5 Å². The molecule has 0 bridgehead atoms. The van der Waals surface area contributed by atoms with Crippen molar-refractivity contribution in [2.75, 3.05) is 6.61 Å². The largest absolute Gasteiger partial charge is 0.378 e. The molecule has 4 rings (SSSR count). The molecule has 1 aromatic rings. The average Bonchev–Trinajstić information content (AvgIpc) is 3.24. The van der Waals surface area contributed by atoms with Crippen LogP contribution in [0.2, 0.25) is 0 Å². The number of carbonyl (C=O) groups excluding carboxylic acids is 1. The van der Waals surface area contributed by atoms with Crippen molar-refractivity contribution >= 4 is 6.03 Å². The van der Waals surface area contributed by atoms with Crippen molar-refractivity contribution in [3.05, 3.63) is 11.6 Å². The predicted octanol–water partition coefficient (Wildman–Crippen LogP) is 2.15. The quantitative estimate of drug-likeness (QED) is 0.855. The fourth-order valence-electron chi connectivity index (χ4n) is 4.98. The van der Waals surface area contributed by atoms with E-state index < -0.39 is 0 Å². The minimum Gasteiger partial charge on any atom is -0.378 e. The van der Waals surface area contributed by atoms with Crippen LogP contribution >= 0.6 is 0 Å². The van der Waals surface area contributed by atoms with Crippen LogP contribution in [-0.2, 0) is 24.2 Å². The minimum absolute atomic E-state index is 0.0970. The van der Waals surface area contributed by atoms with E-state index in [1.54, 1.807) is 0 Å². The summed E-state index contributed by atoms with van der Waals surface area (Å²) in [5.74, 6) is 1.90. The maximum absolute atomic E-state index is 12.4. The number of ether oxygens (including phenoxy) is 1. The molecule has 0 saturated heterocycles. The minimum atomic E-state index is -0.0970. The number of amides is 2. The van der Waals surface area contributed by atoms with Gasteiger partial charge in [0.05, 0.1) is 12.6 Å². The molecule has 2 heterocycles. The lowest BCUT2D eigenvalue weighted by Gasteiger charge is -2.57. The normalized spacial score (nSPS) is 26.9. The van der Waals surface area contributed by atoms with E-state index in [9.17, 15) is 4.79 Å². The van der Waals surface area contributed by atoms with Gasteiger partial charge in [0.15, 0.2) is 5.82 Å². The Morgan fingerprint density at radius 2 is 2.12 bits per heavy atom. The maximum atomic E-state index is 12.4. The number of aryl methyl sites for hydroxylation is 1. The summed E-state index contributed by atoms with van der Waals surface area (Å²) in [4.78, 5) is 12.4. The third-order valence-electron chi connectivity index (χ3n) is 6.34. The fraction of sp³-hybridized carbons (Fsp3) is 0.833. The number of nitrogens with one attached hydrogen (secondary N) is 2. The van der Waals surface area contributed by atoms with Gasteiger partial charge in [0.2, 0.25) is 0 Å². The highest BCUT2D eigenvalue weighted by molar-refractivity contribution is 5.74. The number of urea groups is 1. The summed E-state index contributed by atoms with van der Waals surface area (Å²) in [6.45, 7) is 4.21. The Bertz CT molecular complexity index is 623. The summed E-state index contributed by atoms with van der Waals surface area (Å²) in [5.41, 5.74) is 0.154. The van der Waals surface area contributed by atoms with Gasteiger partial charge in [0, 0.05) is 31.0 Å². The van der Waals surface area contributed by atoms with E-state index in [-0.39, 0.29) is 17.5 Å². The lowest BCUT2D eigenvalue weighted by Crippen LogP contribution is -2.66. The van der Waals surface area contributed by atoms with Crippen molar-refractivity contribution in [1.29, 1.82) is 0 Å². The van der Waals surface area contributed by atoms with Crippen LogP contribution in [0.25, 0.3) is 0 Å². The summed E-state index contributed by atoms with van der Waals surface area (Å²) in [7, 11) is 0. The molecule has 1 spiro atoms. The highest BCUT2D eigenvalue weighted by Crippen LogP contribution is 2.53.